The number of halogens is 1. The third-order valence-electron chi connectivity index (χ3n) is 4.45. The van der Waals surface area contributed by atoms with Crippen LogP contribution in [0.25, 0.3) is 11.3 Å². The Morgan fingerprint density at radius 1 is 1.00 bits per heavy atom. The molecule has 1 aromatic heterocycles. The highest BCUT2D eigenvalue weighted by molar-refractivity contribution is 6.30. The number of nitrogens with one attached hydrogen (secondary N) is 2. The molecule has 3 rings (SSSR count). The van der Waals surface area contributed by atoms with E-state index in [0.717, 1.165) is 23.2 Å². The molecule has 2 amide bonds. The highest BCUT2D eigenvalue weighted by Gasteiger charge is 2.09. The Bertz CT molecular complexity index is 982. The molecule has 30 heavy (non-hydrogen) atoms. The fraction of sp³-hybridized carbons (Fsp3) is 0.261. The fourth-order valence-electron chi connectivity index (χ4n) is 2.84. The number of nitrogens with zero attached hydrogens (tertiary/aromatic N) is 1. The molecule has 156 valence electrons. The van der Waals surface area contributed by atoms with Gasteiger partial charge in [0.2, 0.25) is 11.8 Å². The predicted molar refractivity (Wildman–Crippen MR) is 117 cm³/mol. The van der Waals surface area contributed by atoms with Crippen molar-refractivity contribution in [1.29, 1.82) is 0 Å². The number of anilines is 1. The number of carbonyl (C=O) groups is 2. The first kappa shape index (κ1) is 21.6. The number of rotatable bonds is 9. The summed E-state index contributed by atoms with van der Waals surface area (Å²) in [5, 5.41) is 6.38. The number of aromatic nitrogens is 1. The van der Waals surface area contributed by atoms with Crippen LogP contribution in [-0.4, -0.2) is 16.8 Å². The smallest absolute Gasteiger partial charge is 0.224 e. The summed E-state index contributed by atoms with van der Waals surface area (Å²) in [7, 11) is 0. The first-order valence-electron chi connectivity index (χ1n) is 9.89. The Hall–Kier alpha value is -3.12. The van der Waals surface area contributed by atoms with E-state index in [9.17, 15) is 9.59 Å². The van der Waals surface area contributed by atoms with Gasteiger partial charge in [-0.15, -0.1) is 0 Å². The lowest BCUT2D eigenvalue weighted by Gasteiger charge is -2.07. The van der Waals surface area contributed by atoms with E-state index in [1.165, 1.54) is 0 Å². The molecule has 0 fully saturated rings. The van der Waals surface area contributed by atoms with E-state index < -0.39 is 0 Å². The van der Waals surface area contributed by atoms with E-state index in [0.29, 0.717) is 36.1 Å². The van der Waals surface area contributed by atoms with E-state index >= 15 is 0 Å². The molecule has 0 aliphatic carbocycles. The molecule has 1 heterocycles. The van der Waals surface area contributed by atoms with Crippen molar-refractivity contribution in [1.82, 2.24) is 10.3 Å². The van der Waals surface area contributed by atoms with E-state index in [1.807, 2.05) is 43.3 Å². The van der Waals surface area contributed by atoms with Gasteiger partial charge < -0.3 is 15.1 Å². The van der Waals surface area contributed by atoms with Crippen molar-refractivity contribution >= 4 is 29.1 Å². The molecule has 0 spiro atoms. The van der Waals surface area contributed by atoms with Gasteiger partial charge in [0.1, 0.15) is 0 Å². The lowest BCUT2D eigenvalue weighted by molar-refractivity contribution is -0.121. The molecule has 0 saturated heterocycles. The van der Waals surface area contributed by atoms with Crippen molar-refractivity contribution in [3.63, 3.8) is 0 Å². The minimum Gasteiger partial charge on any atom is -0.441 e. The molecule has 3 aromatic rings. The third kappa shape index (κ3) is 6.46. The quantitative estimate of drug-likeness (QED) is 0.506. The van der Waals surface area contributed by atoms with Gasteiger partial charge in [-0.25, -0.2) is 4.98 Å². The highest BCUT2D eigenvalue weighted by Crippen LogP contribution is 2.22. The summed E-state index contributed by atoms with van der Waals surface area (Å²) in [6.45, 7) is 2.38. The monoisotopic (exact) mass is 425 g/mol. The van der Waals surface area contributed by atoms with Crippen LogP contribution in [0.3, 0.4) is 0 Å². The molecule has 0 unspecified atom stereocenters. The maximum Gasteiger partial charge on any atom is 0.224 e. The molecule has 2 aromatic carbocycles. The number of carbonyl (C=O) groups excluding carboxylic acids is 2. The van der Waals surface area contributed by atoms with Gasteiger partial charge in [0, 0.05) is 42.1 Å². The summed E-state index contributed by atoms with van der Waals surface area (Å²) in [6, 6.07) is 14.7. The Labute approximate surface area is 180 Å². The molecule has 0 atom stereocenters. The second-order valence-electron chi connectivity index (χ2n) is 6.90. The topological polar surface area (TPSA) is 84.2 Å². The van der Waals surface area contributed by atoms with Crippen LogP contribution in [0, 0.1) is 0 Å². The van der Waals surface area contributed by atoms with Crippen LogP contribution in [0.4, 0.5) is 5.69 Å². The van der Waals surface area contributed by atoms with Gasteiger partial charge in [0.15, 0.2) is 11.7 Å². The first-order chi connectivity index (χ1) is 14.5. The fourth-order valence-corrected chi connectivity index (χ4v) is 2.97. The molecule has 0 bridgehead atoms. The summed E-state index contributed by atoms with van der Waals surface area (Å²) >= 11 is 5.89. The van der Waals surface area contributed by atoms with Gasteiger partial charge in [-0.1, -0.05) is 30.7 Å². The van der Waals surface area contributed by atoms with E-state index in [2.05, 4.69) is 15.6 Å². The van der Waals surface area contributed by atoms with Gasteiger partial charge in [-0.2, -0.15) is 0 Å². The number of oxazole rings is 1. The minimum absolute atomic E-state index is 0.00399. The third-order valence-corrected chi connectivity index (χ3v) is 4.70. The van der Waals surface area contributed by atoms with Crippen molar-refractivity contribution in [3.8, 4) is 11.3 Å². The molecule has 2 N–H and O–H groups in total. The molecule has 7 heteroatoms. The van der Waals surface area contributed by atoms with Gasteiger partial charge in [-0.3, -0.25) is 9.59 Å². The van der Waals surface area contributed by atoms with Crippen LogP contribution >= 0.6 is 11.6 Å². The van der Waals surface area contributed by atoms with Crippen molar-refractivity contribution < 1.29 is 14.0 Å². The molecular formula is C23H24ClN3O3. The first-order valence-corrected chi connectivity index (χ1v) is 10.3. The highest BCUT2D eigenvalue weighted by atomic mass is 35.5. The van der Waals surface area contributed by atoms with Gasteiger partial charge in [0.25, 0.3) is 0 Å². The van der Waals surface area contributed by atoms with Crippen LogP contribution < -0.4 is 10.6 Å². The van der Waals surface area contributed by atoms with E-state index in [-0.39, 0.29) is 18.2 Å². The van der Waals surface area contributed by atoms with Crippen LogP contribution in [0.5, 0.6) is 0 Å². The zero-order valence-electron chi connectivity index (χ0n) is 16.8. The number of amides is 2. The molecule has 0 aliphatic rings. The SMILES string of the molecule is CCCC(=O)Nc1ccc(CNC(=O)CCc2ncc(-c3ccc(Cl)cc3)o2)cc1. The Kier molecular flexibility index (Phi) is 7.63. The molecule has 0 saturated carbocycles. The van der Waals surface area contributed by atoms with Crippen molar-refractivity contribution in [2.24, 2.45) is 0 Å². The Morgan fingerprint density at radius 3 is 2.43 bits per heavy atom. The average molecular weight is 426 g/mol. The predicted octanol–water partition coefficient (Wildman–Crippen LogP) is 4.98. The van der Waals surface area contributed by atoms with E-state index in [1.54, 1.807) is 18.3 Å². The average Bonchev–Trinajstić information content (AvgIpc) is 3.21. The summed E-state index contributed by atoms with van der Waals surface area (Å²) in [4.78, 5) is 28.0. The largest absolute Gasteiger partial charge is 0.441 e. The van der Waals surface area contributed by atoms with E-state index in [4.69, 9.17) is 16.0 Å². The minimum atomic E-state index is -0.0819. The van der Waals surface area contributed by atoms with Gasteiger partial charge in [0.05, 0.1) is 6.20 Å². The van der Waals surface area contributed by atoms with Crippen molar-refractivity contribution in [2.75, 3.05) is 5.32 Å². The molecular weight excluding hydrogens is 402 g/mol. The van der Waals surface area contributed by atoms with Crippen LogP contribution in [-0.2, 0) is 22.6 Å². The Balaban J connectivity index is 1.43. The number of benzene rings is 2. The second-order valence-corrected chi connectivity index (χ2v) is 7.33. The van der Waals surface area contributed by atoms with Crippen molar-refractivity contribution in [2.45, 2.75) is 39.2 Å². The van der Waals surface area contributed by atoms with Crippen LogP contribution in [0.1, 0.15) is 37.6 Å². The summed E-state index contributed by atoms with van der Waals surface area (Å²) in [6.07, 6.45) is 3.67. The maximum atomic E-state index is 12.1. The Morgan fingerprint density at radius 2 is 1.73 bits per heavy atom. The lowest BCUT2D eigenvalue weighted by Crippen LogP contribution is -2.23. The zero-order chi connectivity index (χ0) is 21.3. The van der Waals surface area contributed by atoms with Crippen molar-refractivity contribution in [3.05, 3.63) is 71.2 Å². The second kappa shape index (κ2) is 10.6. The maximum absolute atomic E-state index is 12.1. The summed E-state index contributed by atoms with van der Waals surface area (Å²) in [5.41, 5.74) is 2.60. The molecule has 0 radical (unpaired) electrons. The normalized spacial score (nSPS) is 10.6. The van der Waals surface area contributed by atoms with Crippen LogP contribution in [0.2, 0.25) is 5.02 Å². The zero-order valence-corrected chi connectivity index (χ0v) is 17.5. The number of hydrogen-bond acceptors (Lipinski definition) is 4. The molecule has 0 aliphatic heterocycles. The van der Waals surface area contributed by atoms with Crippen LogP contribution in [0.15, 0.2) is 59.1 Å². The lowest BCUT2D eigenvalue weighted by atomic mass is 10.2. The van der Waals surface area contributed by atoms with Gasteiger partial charge >= 0.3 is 0 Å². The van der Waals surface area contributed by atoms with Gasteiger partial charge in [-0.05, 0) is 48.4 Å². The summed E-state index contributed by atoms with van der Waals surface area (Å²) < 4.78 is 5.72. The standard InChI is InChI=1S/C23H24ClN3O3/c1-2-3-22(29)27-19-10-4-16(5-11-19)14-25-21(28)12-13-23-26-15-20(30-23)17-6-8-18(24)9-7-17/h4-11,15H,2-3,12-14H2,1H3,(H,25,28)(H,27,29). The summed E-state index contributed by atoms with van der Waals surface area (Å²) in [5.74, 6) is 1.08. The number of aryl methyl sites for hydroxylation is 1. The number of hydrogen-bond donors (Lipinski definition) is 2. The molecule has 6 nitrogen and oxygen atoms in total.